The van der Waals surface area contributed by atoms with Gasteiger partial charge >= 0.3 is 6.03 Å². The molecule has 2 amide bonds. The van der Waals surface area contributed by atoms with E-state index >= 15 is 0 Å². The highest BCUT2D eigenvalue weighted by molar-refractivity contribution is 6.30. The molecule has 0 bridgehead atoms. The van der Waals surface area contributed by atoms with Crippen molar-refractivity contribution in [2.45, 2.75) is 13.1 Å². The molecule has 0 unspecified atom stereocenters. The zero-order chi connectivity index (χ0) is 19.9. The topological polar surface area (TPSA) is 37.3 Å². The van der Waals surface area contributed by atoms with E-state index in [1.807, 2.05) is 42.6 Å². The summed E-state index contributed by atoms with van der Waals surface area (Å²) in [6, 6.07) is 17.1. The van der Waals surface area contributed by atoms with Crippen LogP contribution in [0.3, 0.4) is 0 Å². The van der Waals surface area contributed by atoms with Crippen molar-refractivity contribution in [3.8, 4) is 0 Å². The Hall–Kier alpha value is -3.05. The molecule has 3 rings (SSSR count). The van der Waals surface area contributed by atoms with Crippen molar-refractivity contribution >= 4 is 23.3 Å². The number of carbonyl (C=O) groups excluding carboxylic acids is 1. The smallest absolute Gasteiger partial charge is 0.322 e. The summed E-state index contributed by atoms with van der Waals surface area (Å²) in [5.41, 5.74) is 2.45. The molecule has 1 N–H and O–H groups in total. The second-order valence-corrected chi connectivity index (χ2v) is 6.80. The number of aromatic nitrogens is 1. The van der Waals surface area contributed by atoms with E-state index in [2.05, 4.69) is 16.5 Å². The molecule has 28 heavy (non-hydrogen) atoms. The molecule has 0 saturated heterocycles. The first-order valence-corrected chi connectivity index (χ1v) is 9.24. The largest absolute Gasteiger partial charge is 0.345 e. The van der Waals surface area contributed by atoms with Crippen LogP contribution in [0.1, 0.15) is 11.3 Å². The Morgan fingerprint density at radius 2 is 2.00 bits per heavy atom. The Morgan fingerprint density at radius 3 is 2.75 bits per heavy atom. The predicted octanol–water partition coefficient (Wildman–Crippen LogP) is 5.55. The third-order valence-electron chi connectivity index (χ3n) is 4.23. The second-order valence-electron chi connectivity index (χ2n) is 6.37. The van der Waals surface area contributed by atoms with E-state index < -0.39 is 5.82 Å². The fourth-order valence-electron chi connectivity index (χ4n) is 2.92. The third kappa shape index (κ3) is 5.24. The average Bonchev–Trinajstić information content (AvgIpc) is 3.08. The summed E-state index contributed by atoms with van der Waals surface area (Å²) in [5, 5.41) is 3.42. The van der Waals surface area contributed by atoms with Gasteiger partial charge in [0.05, 0.1) is 6.54 Å². The van der Waals surface area contributed by atoms with Crippen molar-refractivity contribution in [2.24, 2.45) is 0 Å². The van der Waals surface area contributed by atoms with Gasteiger partial charge in [0.25, 0.3) is 0 Å². The molecule has 0 spiro atoms. The molecule has 6 heteroatoms. The maximum atomic E-state index is 13.4. The minimum atomic E-state index is -0.400. The summed E-state index contributed by atoms with van der Waals surface area (Å²) < 4.78 is 15.4. The molecule has 144 valence electrons. The number of urea groups is 1. The van der Waals surface area contributed by atoms with Gasteiger partial charge < -0.3 is 14.8 Å². The van der Waals surface area contributed by atoms with Gasteiger partial charge in [-0.25, -0.2) is 9.18 Å². The van der Waals surface area contributed by atoms with Crippen LogP contribution in [-0.4, -0.2) is 22.0 Å². The van der Waals surface area contributed by atoms with E-state index in [4.69, 9.17) is 11.6 Å². The van der Waals surface area contributed by atoms with Gasteiger partial charge in [0.1, 0.15) is 5.82 Å². The zero-order valence-corrected chi connectivity index (χ0v) is 16.1. The van der Waals surface area contributed by atoms with Crippen LogP contribution in [0.2, 0.25) is 5.02 Å². The lowest BCUT2D eigenvalue weighted by molar-refractivity contribution is 0.214. The predicted molar refractivity (Wildman–Crippen MR) is 111 cm³/mol. The summed E-state index contributed by atoms with van der Waals surface area (Å²) in [6.07, 6.45) is 3.63. The highest BCUT2D eigenvalue weighted by atomic mass is 35.5. The molecule has 1 heterocycles. The first kappa shape index (κ1) is 19.7. The first-order chi connectivity index (χ1) is 13.5. The minimum Gasteiger partial charge on any atom is -0.345 e. The van der Waals surface area contributed by atoms with Crippen molar-refractivity contribution in [3.05, 3.63) is 102 Å². The minimum absolute atomic E-state index is 0.319. The number of nitrogens with zero attached hydrogens (tertiary/aromatic N) is 2. The Bertz CT molecular complexity index is 970. The van der Waals surface area contributed by atoms with Gasteiger partial charge in [0.15, 0.2) is 0 Å². The Kier molecular flexibility index (Phi) is 6.50. The Balaban J connectivity index is 1.73. The van der Waals surface area contributed by atoms with E-state index in [-0.39, 0.29) is 6.03 Å². The standard InChI is InChI=1S/C22H21ClFN3O/c1-2-11-27(22(28)25-20-9-4-8-19(24)14-20)16-21-10-5-12-26(21)15-17-6-3-7-18(23)13-17/h2-10,12-14H,1,11,15-16H2,(H,25,28). The van der Waals surface area contributed by atoms with Crippen LogP contribution in [0.15, 0.2) is 79.5 Å². The number of rotatable bonds is 7. The number of halogens is 2. The summed E-state index contributed by atoms with van der Waals surface area (Å²) in [6.45, 7) is 5.13. The maximum Gasteiger partial charge on any atom is 0.322 e. The Labute approximate surface area is 168 Å². The molecule has 4 nitrogen and oxygen atoms in total. The molecule has 0 aliphatic rings. The molecule has 0 aliphatic heterocycles. The van der Waals surface area contributed by atoms with Crippen molar-refractivity contribution in [1.29, 1.82) is 0 Å². The maximum absolute atomic E-state index is 13.4. The van der Waals surface area contributed by atoms with E-state index in [1.165, 1.54) is 12.1 Å². The van der Waals surface area contributed by atoms with E-state index in [0.717, 1.165) is 11.3 Å². The van der Waals surface area contributed by atoms with E-state index in [0.29, 0.717) is 30.3 Å². The molecule has 1 aromatic heterocycles. The molecule has 0 aliphatic carbocycles. The zero-order valence-electron chi connectivity index (χ0n) is 15.3. The highest BCUT2D eigenvalue weighted by Gasteiger charge is 2.15. The average molecular weight is 398 g/mol. The number of hydrogen-bond acceptors (Lipinski definition) is 1. The van der Waals surface area contributed by atoms with Crippen molar-refractivity contribution in [1.82, 2.24) is 9.47 Å². The van der Waals surface area contributed by atoms with Crippen LogP contribution in [-0.2, 0) is 13.1 Å². The second kappa shape index (κ2) is 9.24. The quantitative estimate of drug-likeness (QED) is 0.521. The van der Waals surface area contributed by atoms with Gasteiger partial charge in [-0.3, -0.25) is 0 Å². The van der Waals surface area contributed by atoms with Crippen LogP contribution in [0.25, 0.3) is 0 Å². The number of carbonyl (C=O) groups is 1. The highest BCUT2D eigenvalue weighted by Crippen LogP contribution is 2.16. The summed E-state index contributed by atoms with van der Waals surface area (Å²) in [4.78, 5) is 14.3. The Morgan fingerprint density at radius 1 is 1.18 bits per heavy atom. The molecule has 0 saturated carbocycles. The molecular formula is C22H21ClFN3O. The van der Waals surface area contributed by atoms with E-state index in [1.54, 1.807) is 23.1 Å². The molecule has 3 aromatic rings. The fourth-order valence-corrected chi connectivity index (χ4v) is 3.13. The third-order valence-corrected chi connectivity index (χ3v) is 4.47. The molecule has 0 radical (unpaired) electrons. The van der Waals surface area contributed by atoms with Crippen LogP contribution in [0.5, 0.6) is 0 Å². The van der Waals surface area contributed by atoms with E-state index in [9.17, 15) is 9.18 Å². The van der Waals surface area contributed by atoms with Gasteiger partial charge in [-0.1, -0.05) is 35.9 Å². The lowest BCUT2D eigenvalue weighted by Crippen LogP contribution is -2.35. The van der Waals surface area contributed by atoms with Crippen molar-refractivity contribution in [2.75, 3.05) is 11.9 Å². The van der Waals surface area contributed by atoms with Gasteiger partial charge in [-0.15, -0.1) is 6.58 Å². The summed E-state index contributed by atoms with van der Waals surface area (Å²) in [5.74, 6) is -0.400. The number of nitrogens with one attached hydrogen (secondary N) is 1. The molecular weight excluding hydrogens is 377 g/mol. The molecule has 0 atom stereocenters. The van der Waals surface area contributed by atoms with Gasteiger partial charge in [-0.2, -0.15) is 0 Å². The van der Waals surface area contributed by atoms with Crippen LogP contribution in [0, 0.1) is 5.82 Å². The summed E-state index contributed by atoms with van der Waals surface area (Å²) in [7, 11) is 0. The van der Waals surface area contributed by atoms with Gasteiger partial charge in [0.2, 0.25) is 0 Å². The summed E-state index contributed by atoms with van der Waals surface area (Å²) >= 11 is 6.07. The van der Waals surface area contributed by atoms with Gasteiger partial charge in [-0.05, 0) is 48.0 Å². The van der Waals surface area contributed by atoms with Crippen LogP contribution in [0.4, 0.5) is 14.9 Å². The van der Waals surface area contributed by atoms with Gasteiger partial charge in [0, 0.05) is 35.7 Å². The fraction of sp³-hybridized carbons (Fsp3) is 0.136. The number of hydrogen-bond donors (Lipinski definition) is 1. The van der Waals surface area contributed by atoms with Crippen LogP contribution < -0.4 is 5.32 Å². The van der Waals surface area contributed by atoms with Crippen molar-refractivity contribution in [3.63, 3.8) is 0 Å². The number of anilines is 1. The van der Waals surface area contributed by atoms with Crippen LogP contribution >= 0.6 is 11.6 Å². The SMILES string of the molecule is C=CCN(Cc1cccn1Cc1cccc(Cl)c1)C(=O)Nc1cccc(F)c1. The molecule has 0 fully saturated rings. The lowest BCUT2D eigenvalue weighted by Gasteiger charge is -2.23. The monoisotopic (exact) mass is 397 g/mol. The number of benzene rings is 2. The lowest BCUT2D eigenvalue weighted by atomic mass is 10.2. The number of amides is 2. The van der Waals surface area contributed by atoms with Crippen molar-refractivity contribution < 1.29 is 9.18 Å². The first-order valence-electron chi connectivity index (χ1n) is 8.86. The normalized spacial score (nSPS) is 10.5. The molecule has 2 aromatic carbocycles.